The lowest BCUT2D eigenvalue weighted by atomic mass is 10.0. The van der Waals surface area contributed by atoms with Gasteiger partial charge in [0.15, 0.2) is 6.10 Å². The first-order chi connectivity index (χ1) is 6.45. The molecule has 0 aliphatic rings. The van der Waals surface area contributed by atoms with Crippen LogP contribution in [-0.2, 0) is 4.79 Å². The van der Waals surface area contributed by atoms with Gasteiger partial charge in [0.1, 0.15) is 18.3 Å². The quantitative estimate of drug-likeness (QED) is 0.269. The standard InChI is InChI=1S/C6H12O7/c7-1-2(8)3(9)4(10)5(11)6(12)13/h2-5,7-11H,1H2,(H,12,13)/t2-,3-,4+,5+/m1/s1/i/hD. The number of aliphatic hydroxyl groups is 5. The minimum Gasteiger partial charge on any atom is -0.479 e. The summed E-state index contributed by atoms with van der Waals surface area (Å²) in [5.74, 6) is -1.47. The average molecular weight is 197 g/mol. The molecule has 0 spiro atoms. The molecule has 0 bridgehead atoms. The highest BCUT2D eigenvalue weighted by Gasteiger charge is 2.33. The number of rotatable bonds is 5. The van der Waals surface area contributed by atoms with E-state index >= 15 is 0 Å². The third-order valence-corrected chi connectivity index (χ3v) is 1.50. The lowest BCUT2D eigenvalue weighted by Crippen LogP contribution is -2.48. The van der Waals surface area contributed by atoms with Crippen LogP contribution in [-0.4, -0.2) is 67.6 Å². The van der Waals surface area contributed by atoms with E-state index < -0.39 is 37.0 Å². The van der Waals surface area contributed by atoms with Crippen molar-refractivity contribution in [3.63, 3.8) is 0 Å². The van der Waals surface area contributed by atoms with Gasteiger partial charge in [-0.25, -0.2) is 4.79 Å². The second-order valence-corrected chi connectivity index (χ2v) is 2.49. The molecule has 0 rings (SSSR count). The summed E-state index contributed by atoms with van der Waals surface area (Å²) in [6.07, 6.45) is -7.79. The highest BCUT2D eigenvalue weighted by Crippen LogP contribution is 2.04. The molecule has 0 aromatic carbocycles. The van der Waals surface area contributed by atoms with E-state index in [2.05, 4.69) is 5.11 Å². The molecule has 0 fully saturated rings. The van der Waals surface area contributed by atoms with Crippen molar-refractivity contribution in [1.29, 1.82) is 1.43 Å². The number of hydrogen-bond acceptors (Lipinski definition) is 7. The van der Waals surface area contributed by atoms with Crippen molar-refractivity contribution in [2.75, 3.05) is 6.61 Å². The van der Waals surface area contributed by atoms with Gasteiger partial charge < -0.3 is 30.6 Å². The molecule has 0 heterocycles. The number of carboxylic acids is 1. The predicted molar refractivity (Wildman–Crippen MR) is 38.7 cm³/mol. The van der Waals surface area contributed by atoms with Gasteiger partial charge in [0.05, 0.1) is 6.61 Å². The van der Waals surface area contributed by atoms with E-state index in [9.17, 15) is 4.79 Å². The van der Waals surface area contributed by atoms with Crippen molar-refractivity contribution in [1.82, 2.24) is 0 Å². The summed E-state index contributed by atoms with van der Waals surface area (Å²) in [6, 6.07) is 0. The molecule has 7 heteroatoms. The molecule has 78 valence electrons. The Balaban J connectivity index is 4.30. The van der Waals surface area contributed by atoms with Crippen LogP contribution in [0.4, 0.5) is 0 Å². The van der Waals surface area contributed by atoms with E-state index in [1.54, 1.807) is 0 Å². The highest BCUT2D eigenvalue weighted by atomic mass is 16.4. The second kappa shape index (κ2) is 5.10. The smallest absolute Gasteiger partial charge is 0.335 e. The van der Waals surface area contributed by atoms with Crippen LogP contribution in [0.25, 0.3) is 1.43 Å². The summed E-state index contributed by atoms with van der Waals surface area (Å²) < 4.78 is 6.11. The number of hydrogen-bond donors (Lipinski definition) is 6. The van der Waals surface area contributed by atoms with Gasteiger partial charge in [-0.15, -0.1) is 0 Å². The fourth-order valence-corrected chi connectivity index (χ4v) is 0.662. The lowest BCUT2D eigenvalue weighted by molar-refractivity contribution is -0.164. The molecule has 0 aliphatic heterocycles. The molecule has 0 aromatic heterocycles. The Bertz CT molecular complexity index is 187. The van der Waals surface area contributed by atoms with Crippen molar-refractivity contribution in [3.05, 3.63) is 0 Å². The molecule has 0 aromatic rings. The molecule has 0 radical (unpaired) electrons. The monoisotopic (exact) mass is 197 g/mol. The van der Waals surface area contributed by atoms with Gasteiger partial charge in [0.2, 0.25) is 0 Å². The first kappa shape index (κ1) is 10.4. The van der Waals surface area contributed by atoms with Crippen LogP contribution in [0.15, 0.2) is 0 Å². The van der Waals surface area contributed by atoms with Crippen LogP contribution >= 0.6 is 0 Å². The zero-order valence-corrected chi connectivity index (χ0v) is 6.57. The topological polar surface area (TPSA) is 138 Å². The molecular formula is C6H12O7. The lowest BCUT2D eigenvalue weighted by Gasteiger charge is -2.23. The zero-order chi connectivity index (χ0) is 11.3. The molecule has 0 amide bonds. The molecular weight excluding hydrogens is 184 g/mol. The van der Waals surface area contributed by atoms with Gasteiger partial charge in [-0.05, 0) is 0 Å². The molecule has 0 saturated carbocycles. The van der Waals surface area contributed by atoms with Gasteiger partial charge in [0, 0.05) is 0 Å². The maximum atomic E-state index is 10.5. The van der Waals surface area contributed by atoms with E-state index in [4.69, 9.17) is 27.0 Å². The number of carbonyl (C=O) groups is 1. The fourth-order valence-electron chi connectivity index (χ4n) is 0.662. The number of aliphatic hydroxyl groups excluding tert-OH is 5. The van der Waals surface area contributed by atoms with Gasteiger partial charge in [-0.1, -0.05) is 0 Å². The zero-order valence-electron chi connectivity index (χ0n) is 7.57. The molecule has 13 heavy (non-hydrogen) atoms. The summed E-state index contributed by atoms with van der Waals surface area (Å²) in [4.78, 5) is 10.5. The Morgan fingerprint density at radius 3 is 2.15 bits per heavy atom. The van der Waals surface area contributed by atoms with Crippen LogP contribution in [0.2, 0.25) is 0 Å². The Kier molecular flexibility index (Phi) is 4.06. The highest BCUT2D eigenvalue weighted by molar-refractivity contribution is 5.72. The van der Waals surface area contributed by atoms with Gasteiger partial charge >= 0.3 is 5.97 Å². The maximum absolute atomic E-state index is 10.5. The van der Waals surface area contributed by atoms with Crippen LogP contribution in [0.5, 0.6) is 0 Å². The van der Waals surface area contributed by atoms with Crippen LogP contribution in [0, 0.1) is 0 Å². The third-order valence-electron chi connectivity index (χ3n) is 1.50. The van der Waals surface area contributed by atoms with Crippen LogP contribution in [0.1, 0.15) is 0 Å². The summed E-state index contributed by atoms with van der Waals surface area (Å²) in [5.41, 5.74) is 0. The second-order valence-electron chi connectivity index (χ2n) is 2.49. The Morgan fingerprint density at radius 1 is 1.23 bits per heavy atom. The average Bonchev–Trinajstić information content (AvgIpc) is 2.23. The third kappa shape index (κ3) is 3.25. The first-order valence-electron chi connectivity index (χ1n) is 3.86. The Morgan fingerprint density at radius 2 is 1.77 bits per heavy atom. The van der Waals surface area contributed by atoms with Crippen molar-refractivity contribution in [3.8, 4) is 0 Å². The van der Waals surface area contributed by atoms with E-state index in [1.165, 1.54) is 0 Å². The minimum absolute atomic E-state index is 0.846. The first-order valence-corrected chi connectivity index (χ1v) is 3.45. The van der Waals surface area contributed by atoms with Gasteiger partial charge in [0.25, 0.3) is 1.43 Å². The summed E-state index contributed by atoms with van der Waals surface area (Å²) in [5, 5.41) is 47.5. The summed E-state index contributed by atoms with van der Waals surface area (Å²) in [6.45, 7) is -0.846. The normalized spacial score (nSPS) is 21.2. The van der Waals surface area contributed by atoms with Crippen molar-refractivity contribution >= 4 is 5.97 Å². The Labute approximate surface area is 75.0 Å². The summed E-state index contributed by atoms with van der Waals surface area (Å²) in [7, 11) is 0. The molecule has 7 nitrogen and oxygen atoms in total. The molecule has 6 N–H and O–H groups in total. The number of aliphatic carboxylic acids is 1. The fraction of sp³-hybridized carbons (Fsp3) is 0.833. The Hall–Kier alpha value is -0.730. The molecule has 0 unspecified atom stereocenters. The van der Waals surface area contributed by atoms with Crippen LogP contribution in [0.3, 0.4) is 0 Å². The van der Waals surface area contributed by atoms with Gasteiger partial charge in [-0.2, -0.15) is 0 Å². The molecule has 0 aliphatic carbocycles. The van der Waals surface area contributed by atoms with Crippen LogP contribution < -0.4 is 0 Å². The predicted octanol–water partition coefficient (Wildman–Crippen LogP) is -3.49. The van der Waals surface area contributed by atoms with E-state index in [1.807, 2.05) is 0 Å². The maximum Gasteiger partial charge on any atom is 0.335 e. The molecule has 4 atom stereocenters. The largest absolute Gasteiger partial charge is 0.479 e. The number of carboxylic acid groups (broad SMARTS) is 1. The minimum atomic E-state index is -2.15. The summed E-state index contributed by atoms with van der Waals surface area (Å²) >= 11 is 0. The van der Waals surface area contributed by atoms with Crippen molar-refractivity contribution < 1.29 is 35.4 Å². The van der Waals surface area contributed by atoms with Crippen molar-refractivity contribution in [2.45, 2.75) is 24.4 Å². The van der Waals surface area contributed by atoms with Crippen molar-refractivity contribution in [2.24, 2.45) is 0 Å². The SMILES string of the molecule is [2H]OC(=O)[C@@H](O)[C@@H](O)[C@H](O)[C@H](O)CO. The van der Waals surface area contributed by atoms with Gasteiger partial charge in [-0.3, -0.25) is 0 Å². The van der Waals surface area contributed by atoms with E-state index in [0.29, 0.717) is 0 Å². The molecule has 0 saturated heterocycles. The van der Waals surface area contributed by atoms with E-state index in [-0.39, 0.29) is 0 Å². The van der Waals surface area contributed by atoms with E-state index in [0.717, 1.165) is 0 Å².